The molecule has 0 aliphatic heterocycles. The molecule has 0 heterocycles. The minimum atomic E-state index is -0.738. The third-order valence-electron chi connectivity index (χ3n) is 2.57. The minimum Gasteiger partial charge on any atom is -0.497 e. The van der Waals surface area contributed by atoms with Gasteiger partial charge in [0.25, 0.3) is 5.91 Å². The predicted octanol–water partition coefficient (Wildman–Crippen LogP) is 0.661. The van der Waals surface area contributed by atoms with Crippen molar-refractivity contribution in [3.8, 4) is 5.75 Å². The summed E-state index contributed by atoms with van der Waals surface area (Å²) in [5.41, 5.74) is 10.8. The van der Waals surface area contributed by atoms with E-state index < -0.39 is 11.4 Å². The molecule has 0 saturated heterocycles. The van der Waals surface area contributed by atoms with Crippen LogP contribution in [-0.4, -0.2) is 24.5 Å². The number of carbonyl (C=O) groups excluding carboxylic acids is 2. The lowest BCUT2D eigenvalue weighted by Crippen LogP contribution is -2.46. The quantitative estimate of drug-likeness (QED) is 0.680. The Balaban J connectivity index is 2.92. The van der Waals surface area contributed by atoms with E-state index in [-0.39, 0.29) is 12.3 Å². The van der Waals surface area contributed by atoms with E-state index in [1.165, 1.54) is 7.11 Å². The average molecular weight is 265 g/mol. The van der Waals surface area contributed by atoms with Gasteiger partial charge in [-0.3, -0.25) is 9.59 Å². The number of ether oxygens (including phenoxy) is 1. The van der Waals surface area contributed by atoms with Gasteiger partial charge in [-0.05, 0) is 32.0 Å². The van der Waals surface area contributed by atoms with Gasteiger partial charge in [0, 0.05) is 17.6 Å². The zero-order valence-electron chi connectivity index (χ0n) is 11.3. The van der Waals surface area contributed by atoms with Crippen molar-refractivity contribution in [2.45, 2.75) is 25.8 Å². The number of benzene rings is 1. The maximum atomic E-state index is 12.1. The van der Waals surface area contributed by atoms with E-state index in [4.69, 9.17) is 16.2 Å². The number of nitrogens with two attached hydrogens (primary N) is 2. The molecule has 5 N–H and O–H groups in total. The average Bonchev–Trinajstić information content (AvgIpc) is 2.26. The topological polar surface area (TPSA) is 107 Å². The lowest BCUT2D eigenvalue weighted by atomic mass is 9.99. The van der Waals surface area contributed by atoms with Crippen molar-refractivity contribution in [1.29, 1.82) is 0 Å². The first-order valence-corrected chi connectivity index (χ1v) is 5.79. The molecular weight excluding hydrogens is 246 g/mol. The zero-order valence-corrected chi connectivity index (χ0v) is 11.3. The Labute approximate surface area is 112 Å². The molecule has 19 heavy (non-hydrogen) atoms. The summed E-state index contributed by atoms with van der Waals surface area (Å²) in [5.74, 6) is -0.321. The van der Waals surface area contributed by atoms with Crippen molar-refractivity contribution in [2.24, 2.45) is 5.73 Å². The molecule has 0 aliphatic rings. The molecule has 104 valence electrons. The number of nitrogen functional groups attached to an aromatic ring is 1. The normalized spacial score (nSPS) is 10.9. The third kappa shape index (κ3) is 4.17. The minimum absolute atomic E-state index is 0.0443. The number of hydrogen-bond donors (Lipinski definition) is 3. The maximum absolute atomic E-state index is 12.1. The third-order valence-corrected chi connectivity index (χ3v) is 2.57. The lowest BCUT2D eigenvalue weighted by Gasteiger charge is -2.25. The van der Waals surface area contributed by atoms with Crippen LogP contribution in [0.4, 0.5) is 5.69 Å². The molecule has 0 spiro atoms. The van der Waals surface area contributed by atoms with Crippen molar-refractivity contribution >= 4 is 17.5 Å². The van der Waals surface area contributed by atoms with E-state index in [0.717, 1.165) is 0 Å². The largest absolute Gasteiger partial charge is 0.497 e. The molecule has 0 saturated carbocycles. The number of amides is 2. The van der Waals surface area contributed by atoms with Crippen LogP contribution < -0.4 is 21.5 Å². The van der Waals surface area contributed by atoms with Crippen LogP contribution in [0.1, 0.15) is 30.6 Å². The molecule has 2 amide bonds. The van der Waals surface area contributed by atoms with Crippen LogP contribution in [0.5, 0.6) is 5.75 Å². The van der Waals surface area contributed by atoms with Gasteiger partial charge in [-0.2, -0.15) is 0 Å². The summed E-state index contributed by atoms with van der Waals surface area (Å²) < 4.78 is 5.05. The maximum Gasteiger partial charge on any atom is 0.253 e. The number of hydrogen-bond acceptors (Lipinski definition) is 4. The first-order chi connectivity index (χ1) is 8.75. The first-order valence-electron chi connectivity index (χ1n) is 5.79. The van der Waals surface area contributed by atoms with Gasteiger partial charge in [0.15, 0.2) is 0 Å². The smallest absolute Gasteiger partial charge is 0.253 e. The molecule has 0 atom stereocenters. The number of primary amides is 1. The standard InChI is InChI=1S/C13H19N3O3/c1-13(2,7-11(15)17)16-12(18)9-6-8(19-3)4-5-10(9)14/h4-6H,7,14H2,1-3H3,(H2,15,17)(H,16,18). The van der Waals surface area contributed by atoms with Gasteiger partial charge >= 0.3 is 0 Å². The fraction of sp³-hybridized carbons (Fsp3) is 0.385. The molecule has 1 aromatic carbocycles. The summed E-state index contributed by atoms with van der Waals surface area (Å²) in [4.78, 5) is 23.1. The second-order valence-corrected chi connectivity index (χ2v) is 4.93. The summed E-state index contributed by atoms with van der Waals surface area (Å²) in [7, 11) is 1.50. The monoisotopic (exact) mass is 265 g/mol. The molecular formula is C13H19N3O3. The highest BCUT2D eigenvalue weighted by atomic mass is 16.5. The Morgan fingerprint density at radius 2 is 2.00 bits per heavy atom. The Kier molecular flexibility index (Phi) is 4.37. The molecule has 6 heteroatoms. The molecule has 0 aliphatic carbocycles. The van der Waals surface area contributed by atoms with Gasteiger partial charge in [0.2, 0.25) is 5.91 Å². The lowest BCUT2D eigenvalue weighted by molar-refractivity contribution is -0.119. The van der Waals surface area contributed by atoms with Gasteiger partial charge in [0.1, 0.15) is 5.75 Å². The highest BCUT2D eigenvalue weighted by molar-refractivity contribution is 6.00. The molecule has 0 aromatic heterocycles. The summed E-state index contributed by atoms with van der Waals surface area (Å²) in [6.45, 7) is 3.43. The number of carbonyl (C=O) groups is 2. The Morgan fingerprint density at radius 3 is 2.53 bits per heavy atom. The van der Waals surface area contributed by atoms with E-state index in [9.17, 15) is 9.59 Å². The van der Waals surface area contributed by atoms with Gasteiger partial charge in [-0.15, -0.1) is 0 Å². The van der Waals surface area contributed by atoms with Crippen molar-refractivity contribution < 1.29 is 14.3 Å². The van der Waals surface area contributed by atoms with Crippen LogP contribution in [0.2, 0.25) is 0 Å². The number of methoxy groups -OCH3 is 1. The van der Waals surface area contributed by atoms with E-state index in [0.29, 0.717) is 17.0 Å². The van der Waals surface area contributed by atoms with Crippen LogP contribution in [0.3, 0.4) is 0 Å². The van der Waals surface area contributed by atoms with Gasteiger partial charge in [0.05, 0.1) is 12.7 Å². The molecule has 0 bridgehead atoms. The van der Waals surface area contributed by atoms with E-state index in [1.807, 2.05) is 0 Å². The van der Waals surface area contributed by atoms with Gasteiger partial charge < -0.3 is 21.5 Å². The summed E-state index contributed by atoms with van der Waals surface area (Å²) in [6.07, 6.45) is 0.0443. The first kappa shape index (κ1) is 14.8. The Hall–Kier alpha value is -2.24. The predicted molar refractivity (Wildman–Crippen MR) is 72.8 cm³/mol. The number of anilines is 1. The zero-order chi connectivity index (χ0) is 14.6. The summed E-state index contributed by atoms with van der Waals surface area (Å²) in [6, 6.07) is 4.81. The van der Waals surface area contributed by atoms with E-state index in [2.05, 4.69) is 5.32 Å². The SMILES string of the molecule is COc1ccc(N)c(C(=O)NC(C)(C)CC(N)=O)c1. The fourth-order valence-corrected chi connectivity index (χ4v) is 1.71. The number of nitrogens with one attached hydrogen (secondary N) is 1. The van der Waals surface area contributed by atoms with Gasteiger partial charge in [-0.1, -0.05) is 0 Å². The molecule has 6 nitrogen and oxygen atoms in total. The van der Waals surface area contributed by atoms with E-state index >= 15 is 0 Å². The molecule has 0 fully saturated rings. The second-order valence-electron chi connectivity index (χ2n) is 4.93. The van der Waals surface area contributed by atoms with Crippen LogP contribution in [0.15, 0.2) is 18.2 Å². The van der Waals surface area contributed by atoms with Crippen molar-refractivity contribution in [3.05, 3.63) is 23.8 Å². The van der Waals surface area contributed by atoms with Crippen LogP contribution in [-0.2, 0) is 4.79 Å². The van der Waals surface area contributed by atoms with Crippen LogP contribution in [0, 0.1) is 0 Å². The molecule has 0 unspecified atom stereocenters. The fourth-order valence-electron chi connectivity index (χ4n) is 1.71. The molecule has 0 radical (unpaired) electrons. The van der Waals surface area contributed by atoms with Crippen molar-refractivity contribution in [1.82, 2.24) is 5.32 Å². The highest BCUT2D eigenvalue weighted by Gasteiger charge is 2.24. The van der Waals surface area contributed by atoms with Gasteiger partial charge in [-0.25, -0.2) is 0 Å². The second kappa shape index (κ2) is 5.60. The highest BCUT2D eigenvalue weighted by Crippen LogP contribution is 2.20. The summed E-state index contributed by atoms with van der Waals surface area (Å²) >= 11 is 0. The Morgan fingerprint density at radius 1 is 1.37 bits per heavy atom. The van der Waals surface area contributed by atoms with Crippen LogP contribution in [0.25, 0.3) is 0 Å². The molecule has 1 rings (SSSR count). The van der Waals surface area contributed by atoms with Crippen LogP contribution >= 0.6 is 0 Å². The van der Waals surface area contributed by atoms with Crippen molar-refractivity contribution in [3.63, 3.8) is 0 Å². The summed E-state index contributed by atoms with van der Waals surface area (Å²) in [5, 5.41) is 2.72. The van der Waals surface area contributed by atoms with E-state index in [1.54, 1.807) is 32.0 Å². The molecule has 1 aromatic rings. The number of rotatable bonds is 5. The van der Waals surface area contributed by atoms with Crippen molar-refractivity contribution in [2.75, 3.05) is 12.8 Å². The Bertz CT molecular complexity index is 498.